The van der Waals surface area contributed by atoms with Gasteiger partial charge in [0.15, 0.2) is 0 Å². The first-order chi connectivity index (χ1) is 12.8. The van der Waals surface area contributed by atoms with Gasteiger partial charge in [-0.05, 0) is 61.4 Å². The number of benzene rings is 2. The van der Waals surface area contributed by atoms with Gasteiger partial charge in [-0.15, -0.1) is 0 Å². The summed E-state index contributed by atoms with van der Waals surface area (Å²) in [7, 11) is -2.34. The molecule has 0 aromatic heterocycles. The number of likely N-dealkylation sites (N-methyl/N-ethyl adjacent to an activating group) is 1. The molecule has 0 atom stereocenters. The number of amides is 1. The minimum atomic E-state index is -3.76. The molecule has 6 nitrogen and oxygen atoms in total. The van der Waals surface area contributed by atoms with Gasteiger partial charge in [0.1, 0.15) is 5.75 Å². The zero-order chi connectivity index (χ0) is 19.6. The first-order valence-corrected chi connectivity index (χ1v) is 10.8. The molecule has 0 bridgehead atoms. The lowest BCUT2D eigenvalue weighted by Gasteiger charge is -2.22. The molecule has 0 saturated carbocycles. The van der Waals surface area contributed by atoms with Crippen LogP contribution in [0.2, 0.25) is 0 Å². The van der Waals surface area contributed by atoms with E-state index >= 15 is 0 Å². The number of carbonyl (C=O) groups is 1. The number of halogens is 1. The van der Waals surface area contributed by atoms with Gasteiger partial charge in [-0.25, -0.2) is 8.42 Å². The van der Waals surface area contributed by atoms with Crippen LogP contribution in [0, 0.1) is 0 Å². The van der Waals surface area contributed by atoms with Crippen LogP contribution >= 0.6 is 15.9 Å². The second kappa shape index (κ2) is 8.00. The second-order valence-corrected chi connectivity index (χ2v) is 9.19. The van der Waals surface area contributed by atoms with Crippen LogP contribution < -0.4 is 9.64 Å². The molecule has 1 aliphatic heterocycles. The first-order valence-electron chi connectivity index (χ1n) is 8.61. The molecule has 0 unspecified atom stereocenters. The van der Waals surface area contributed by atoms with Gasteiger partial charge in [-0.1, -0.05) is 15.9 Å². The maximum absolute atomic E-state index is 12.8. The van der Waals surface area contributed by atoms with Crippen LogP contribution in [0.15, 0.2) is 51.8 Å². The Morgan fingerprint density at radius 3 is 2.59 bits per heavy atom. The molecule has 0 aliphatic carbocycles. The monoisotopic (exact) mass is 452 g/mol. The average molecular weight is 453 g/mol. The Morgan fingerprint density at radius 1 is 1.22 bits per heavy atom. The molecule has 2 aromatic rings. The number of nitrogens with zero attached hydrogens (tertiary/aromatic N) is 2. The van der Waals surface area contributed by atoms with E-state index in [2.05, 4.69) is 15.9 Å². The van der Waals surface area contributed by atoms with E-state index < -0.39 is 10.0 Å². The molecule has 27 heavy (non-hydrogen) atoms. The van der Waals surface area contributed by atoms with Crippen molar-refractivity contribution in [1.82, 2.24) is 4.31 Å². The summed E-state index contributed by atoms with van der Waals surface area (Å²) in [5.74, 6) is 0.364. The topological polar surface area (TPSA) is 66.9 Å². The van der Waals surface area contributed by atoms with Crippen molar-refractivity contribution < 1.29 is 17.9 Å². The van der Waals surface area contributed by atoms with Crippen molar-refractivity contribution in [2.45, 2.75) is 18.2 Å². The van der Waals surface area contributed by atoms with Crippen LogP contribution in [0.4, 0.5) is 5.69 Å². The van der Waals surface area contributed by atoms with Crippen molar-refractivity contribution in [3.8, 4) is 5.75 Å². The van der Waals surface area contributed by atoms with Gasteiger partial charge in [0.2, 0.25) is 15.9 Å². The molecular weight excluding hydrogens is 432 g/mol. The maximum atomic E-state index is 12.8. The molecule has 0 spiro atoms. The lowest BCUT2D eigenvalue weighted by molar-refractivity contribution is -0.118. The van der Waals surface area contributed by atoms with Crippen LogP contribution in [0.5, 0.6) is 5.75 Å². The predicted molar refractivity (Wildman–Crippen MR) is 108 cm³/mol. The molecule has 0 fully saturated rings. The third-order valence-corrected chi connectivity index (χ3v) is 6.75. The third-order valence-electron chi connectivity index (χ3n) is 4.44. The largest absolute Gasteiger partial charge is 0.494 e. The fourth-order valence-corrected chi connectivity index (χ4v) is 4.57. The Kier molecular flexibility index (Phi) is 5.88. The van der Waals surface area contributed by atoms with E-state index in [1.54, 1.807) is 17.0 Å². The Bertz CT molecular complexity index is 945. The lowest BCUT2D eigenvalue weighted by atomic mass is 10.2. The molecule has 2 aromatic carbocycles. The minimum Gasteiger partial charge on any atom is -0.494 e. The zero-order valence-corrected chi connectivity index (χ0v) is 17.6. The summed E-state index contributed by atoms with van der Waals surface area (Å²) in [5.41, 5.74) is 1.92. The van der Waals surface area contributed by atoms with E-state index in [4.69, 9.17) is 4.74 Å². The van der Waals surface area contributed by atoms with Gasteiger partial charge >= 0.3 is 0 Å². The summed E-state index contributed by atoms with van der Waals surface area (Å²) >= 11 is 3.43. The number of hydrogen-bond acceptors (Lipinski definition) is 4. The van der Waals surface area contributed by atoms with Crippen molar-refractivity contribution in [1.29, 1.82) is 0 Å². The Labute approximate surface area is 167 Å². The zero-order valence-electron chi connectivity index (χ0n) is 15.2. The highest BCUT2D eigenvalue weighted by atomic mass is 79.9. The lowest BCUT2D eigenvalue weighted by Crippen LogP contribution is -2.40. The van der Waals surface area contributed by atoms with Gasteiger partial charge < -0.3 is 9.64 Å². The van der Waals surface area contributed by atoms with Crippen molar-refractivity contribution in [2.75, 3.05) is 31.6 Å². The first kappa shape index (κ1) is 19.9. The summed E-state index contributed by atoms with van der Waals surface area (Å²) < 4.78 is 32.9. The van der Waals surface area contributed by atoms with Gasteiger partial charge in [0.05, 0.1) is 18.0 Å². The van der Waals surface area contributed by atoms with Crippen molar-refractivity contribution in [3.63, 3.8) is 0 Å². The van der Waals surface area contributed by atoms with E-state index in [0.717, 1.165) is 26.4 Å². The van der Waals surface area contributed by atoms with Crippen molar-refractivity contribution in [2.24, 2.45) is 0 Å². The van der Waals surface area contributed by atoms with Crippen molar-refractivity contribution >= 4 is 37.5 Å². The van der Waals surface area contributed by atoms with E-state index in [-0.39, 0.29) is 17.3 Å². The van der Waals surface area contributed by atoms with E-state index in [0.29, 0.717) is 18.9 Å². The number of anilines is 1. The van der Waals surface area contributed by atoms with Crippen LogP contribution in [-0.4, -0.2) is 45.4 Å². The maximum Gasteiger partial charge on any atom is 0.243 e. The normalized spacial score (nSPS) is 13.7. The molecule has 144 valence electrons. The average Bonchev–Trinajstić information content (AvgIpc) is 3.05. The Hall–Kier alpha value is -1.90. The smallest absolute Gasteiger partial charge is 0.243 e. The molecule has 0 saturated heterocycles. The van der Waals surface area contributed by atoms with E-state index in [1.165, 1.54) is 19.2 Å². The quantitative estimate of drug-likeness (QED) is 0.675. The summed E-state index contributed by atoms with van der Waals surface area (Å²) in [6.07, 6.45) is 0.760. The molecule has 1 aliphatic rings. The molecular formula is C19H21BrN2O4S. The molecule has 3 rings (SSSR count). The highest BCUT2D eigenvalue weighted by Crippen LogP contribution is 2.30. The van der Waals surface area contributed by atoms with Gasteiger partial charge in [-0.2, -0.15) is 4.31 Å². The highest BCUT2D eigenvalue weighted by Gasteiger charge is 2.29. The standard InChI is InChI=1S/C19H21BrN2O4S/c1-3-26-16-5-7-17(8-6-16)27(24,25)21(2)13-19(23)22-11-10-14-12-15(20)4-9-18(14)22/h4-9,12H,3,10-11,13H2,1-2H3. The summed E-state index contributed by atoms with van der Waals surface area (Å²) in [6.45, 7) is 2.71. The van der Waals surface area contributed by atoms with E-state index in [1.807, 2.05) is 25.1 Å². The number of rotatable bonds is 6. The van der Waals surface area contributed by atoms with Gasteiger partial charge in [0.25, 0.3) is 0 Å². The Morgan fingerprint density at radius 2 is 1.93 bits per heavy atom. The Balaban J connectivity index is 1.73. The summed E-state index contributed by atoms with van der Waals surface area (Å²) in [5, 5.41) is 0. The summed E-state index contributed by atoms with van der Waals surface area (Å²) in [4.78, 5) is 14.5. The van der Waals surface area contributed by atoms with Crippen LogP contribution in [0.25, 0.3) is 0 Å². The SMILES string of the molecule is CCOc1ccc(S(=O)(=O)N(C)CC(=O)N2CCc3cc(Br)ccc32)cc1. The molecule has 0 N–H and O–H groups in total. The molecule has 8 heteroatoms. The number of carbonyl (C=O) groups excluding carboxylic acids is 1. The van der Waals surface area contributed by atoms with Crippen LogP contribution in [-0.2, 0) is 21.2 Å². The second-order valence-electron chi connectivity index (χ2n) is 6.23. The van der Waals surface area contributed by atoms with E-state index in [9.17, 15) is 13.2 Å². The number of hydrogen-bond donors (Lipinski definition) is 0. The highest BCUT2D eigenvalue weighted by molar-refractivity contribution is 9.10. The minimum absolute atomic E-state index is 0.131. The molecule has 1 heterocycles. The predicted octanol–water partition coefficient (Wildman–Crippen LogP) is 3.06. The number of ether oxygens (including phenoxy) is 1. The van der Waals surface area contributed by atoms with Gasteiger partial charge in [-0.3, -0.25) is 4.79 Å². The number of fused-ring (bicyclic) bond motifs is 1. The molecule has 0 radical (unpaired) electrons. The fraction of sp³-hybridized carbons (Fsp3) is 0.316. The number of sulfonamides is 1. The van der Waals surface area contributed by atoms with Crippen LogP contribution in [0.1, 0.15) is 12.5 Å². The fourth-order valence-electron chi connectivity index (χ4n) is 3.04. The van der Waals surface area contributed by atoms with Crippen LogP contribution in [0.3, 0.4) is 0 Å². The third kappa shape index (κ3) is 4.17. The van der Waals surface area contributed by atoms with Crippen molar-refractivity contribution in [3.05, 3.63) is 52.5 Å². The molecule has 1 amide bonds. The summed E-state index contributed by atoms with van der Waals surface area (Å²) in [6, 6.07) is 12.0. The van der Waals surface area contributed by atoms with Gasteiger partial charge in [0, 0.05) is 23.8 Å².